The first-order valence-corrected chi connectivity index (χ1v) is 38.4. The Morgan fingerprint density at radius 3 is 0.548 bits per heavy atom. The summed E-state index contributed by atoms with van der Waals surface area (Å²) in [7, 11) is 0. The van der Waals surface area contributed by atoms with Crippen molar-refractivity contribution in [3.8, 4) is 0 Å². The van der Waals surface area contributed by atoms with Crippen LogP contribution in [0.2, 0.25) is 0 Å². The average molecular weight is 1210 g/mol. The molecule has 0 nitrogen and oxygen atoms in total. The molecule has 2 unspecified atom stereocenters. The Morgan fingerprint density at radius 1 is 0.250 bits per heavy atom. The standard InChI is InChI=1S/4C7H16.5C6H14.3C5H12.2C4H10.C3H8/c1-5-6-7(2,3)4;1-5-7(4)6(2)3;1-4-6-7(3)5-2;1-3-5-7-6-4-2;1-5-6(2,3)4;1-5(2)6(3)4;1-4-5-6(2)3;1-4-6(3)5-2;1-3-5-6-4-2;1-5(2,3)4;1-4-5(2)3;1-3-5-4-2;1-4(2)3;1-3-4-2;1-3-2/h5-6H2,1-4H3;6-7H,5H2,1-4H3;7H,4-6H2,1-3H3;3-7H2,1-2H3;5H2,1-4H3;5-6H,1-4H3;2*6H,4-5H2,1-3H3;3-6H2,1-2H3;1-4H3;5H,4H2,1-3H3;3-5H2,1-2H3;4H,1-3H3;3-4H2,1-2H3;3H2,1-2H3. The number of hydrogen-bond acceptors (Lipinski definition) is 0. The first-order valence-electron chi connectivity index (χ1n) is 38.4. The Hall–Kier alpha value is 0. The van der Waals surface area contributed by atoms with Crippen LogP contribution in [0.3, 0.4) is 0 Å². The van der Waals surface area contributed by atoms with E-state index in [0.29, 0.717) is 16.2 Å². The monoisotopic (exact) mass is 1210 g/mol. The summed E-state index contributed by atoms with van der Waals surface area (Å²) < 4.78 is 0. The molecule has 0 heteroatoms. The van der Waals surface area contributed by atoms with Gasteiger partial charge < -0.3 is 0 Å². The SMILES string of the molecule is CC(C)(C)C.CC(C)C.CC(C)C(C)C.CCC.CCC(C)(C)C.CCC(C)C.CCC(C)C(C)C.CCC(C)CC.CCCC.CCCC(C)(C)C.CCCC(C)C.CCCC(C)CC.CCCCC.CCCCCC.CCCCCCC. The van der Waals surface area contributed by atoms with E-state index >= 15 is 0 Å². The highest BCUT2D eigenvalue weighted by molar-refractivity contribution is 4.58. The van der Waals surface area contributed by atoms with Crippen LogP contribution in [-0.4, -0.2) is 0 Å². The minimum absolute atomic E-state index is 0.500. The lowest BCUT2D eigenvalue weighted by Crippen LogP contribution is -2.02. The van der Waals surface area contributed by atoms with Crippen LogP contribution in [0.5, 0.6) is 0 Å². The van der Waals surface area contributed by atoms with E-state index in [0.717, 1.165) is 53.3 Å². The number of rotatable bonds is 22. The zero-order valence-electron chi connectivity index (χ0n) is 70.8. The highest BCUT2D eigenvalue weighted by Crippen LogP contribution is 2.19. The smallest absolute Gasteiger partial charge is 0.0383 e. The van der Waals surface area contributed by atoms with Crippen LogP contribution in [0, 0.1) is 69.5 Å². The second-order valence-corrected chi connectivity index (χ2v) is 31.1. The van der Waals surface area contributed by atoms with Gasteiger partial charge in [0.25, 0.3) is 0 Å². The van der Waals surface area contributed by atoms with E-state index in [1.165, 1.54) is 173 Å². The summed E-state index contributed by atoms with van der Waals surface area (Å²) in [4.78, 5) is 0. The lowest BCUT2D eigenvalue weighted by atomic mass is 9.91. The molecule has 0 aliphatic carbocycles. The third kappa shape index (κ3) is 320. The maximum absolute atomic E-state index is 2.31. The molecule has 0 fully saturated rings. The lowest BCUT2D eigenvalue weighted by molar-refractivity contribution is 0.373. The molecule has 0 rings (SSSR count). The summed E-state index contributed by atoms with van der Waals surface area (Å²) in [6.45, 7) is 100. The summed E-state index contributed by atoms with van der Waals surface area (Å²) in [5.41, 5.74) is 1.59. The predicted octanol–water partition coefficient (Wildman–Crippen LogP) is 34.7. The molecular weight excluding hydrogens is 1010 g/mol. The predicted molar refractivity (Wildman–Crippen MR) is 419 cm³/mol. The van der Waals surface area contributed by atoms with Crippen molar-refractivity contribution in [2.24, 2.45) is 69.5 Å². The average Bonchev–Trinajstić information content (AvgIpc) is 3.38. The first kappa shape index (κ1) is 122. The van der Waals surface area contributed by atoms with Crippen LogP contribution in [0.4, 0.5) is 0 Å². The van der Waals surface area contributed by atoms with Gasteiger partial charge in [0.05, 0.1) is 0 Å². The second-order valence-electron chi connectivity index (χ2n) is 31.1. The Morgan fingerprint density at radius 2 is 0.500 bits per heavy atom. The number of unbranched alkanes of at least 4 members (excludes halogenated alkanes) is 10. The van der Waals surface area contributed by atoms with Gasteiger partial charge in [0.1, 0.15) is 0 Å². The summed E-state index contributed by atoms with van der Waals surface area (Å²) in [5.74, 6) is 7.97. The molecule has 0 aliphatic heterocycles. The topological polar surface area (TPSA) is 0 Å². The molecule has 0 spiro atoms. The fourth-order valence-electron chi connectivity index (χ4n) is 4.31. The quantitative estimate of drug-likeness (QED) is 0.0948. The molecular formula is C84H198. The molecule has 534 valence electrons. The molecule has 0 N–H and O–H groups in total. The molecule has 0 aromatic heterocycles. The van der Waals surface area contributed by atoms with Crippen LogP contribution in [0.15, 0.2) is 0 Å². The van der Waals surface area contributed by atoms with E-state index in [9.17, 15) is 0 Å². The Labute approximate surface area is 551 Å². The van der Waals surface area contributed by atoms with Gasteiger partial charge in [-0.1, -0.05) is 479 Å². The first-order chi connectivity index (χ1) is 38.4. The second kappa shape index (κ2) is 108. The summed E-state index contributed by atoms with van der Waals surface area (Å²) in [6, 6.07) is 0. The van der Waals surface area contributed by atoms with Gasteiger partial charge in [-0.2, -0.15) is 0 Å². The molecule has 0 saturated carbocycles. The van der Waals surface area contributed by atoms with Gasteiger partial charge in [-0.25, -0.2) is 0 Å². The fourth-order valence-corrected chi connectivity index (χ4v) is 4.31. The van der Waals surface area contributed by atoms with E-state index in [-0.39, 0.29) is 0 Å². The van der Waals surface area contributed by atoms with Crippen molar-refractivity contribution in [3.63, 3.8) is 0 Å². The van der Waals surface area contributed by atoms with Crippen molar-refractivity contribution in [3.05, 3.63) is 0 Å². The van der Waals surface area contributed by atoms with Crippen molar-refractivity contribution in [2.75, 3.05) is 0 Å². The van der Waals surface area contributed by atoms with Gasteiger partial charge in [0, 0.05) is 0 Å². The third-order valence-electron chi connectivity index (χ3n) is 13.1. The van der Waals surface area contributed by atoms with Gasteiger partial charge in [0.2, 0.25) is 0 Å². The highest BCUT2D eigenvalue weighted by atomic mass is 14.1. The lowest BCUT2D eigenvalue weighted by Gasteiger charge is -2.15. The third-order valence-corrected chi connectivity index (χ3v) is 13.1. The molecule has 84 heavy (non-hydrogen) atoms. The van der Waals surface area contributed by atoms with E-state index in [1.807, 2.05) is 0 Å². The molecule has 0 radical (unpaired) electrons. The number of hydrogen-bond donors (Lipinski definition) is 0. The zero-order valence-corrected chi connectivity index (χ0v) is 70.8. The Kier molecular flexibility index (Phi) is 156. The zero-order chi connectivity index (χ0) is 70.8. The van der Waals surface area contributed by atoms with E-state index in [4.69, 9.17) is 0 Å². The van der Waals surface area contributed by atoms with Crippen molar-refractivity contribution < 1.29 is 0 Å². The van der Waals surface area contributed by atoms with Crippen LogP contribution in [-0.2, 0) is 0 Å². The van der Waals surface area contributed by atoms with Crippen LogP contribution in [0.1, 0.15) is 485 Å². The van der Waals surface area contributed by atoms with Crippen molar-refractivity contribution in [2.45, 2.75) is 485 Å². The van der Waals surface area contributed by atoms with Gasteiger partial charge >= 0.3 is 0 Å². The van der Waals surface area contributed by atoms with Crippen LogP contribution >= 0.6 is 0 Å². The molecule has 0 aromatic rings. The fraction of sp³-hybridized carbons (Fsp3) is 1.00. The van der Waals surface area contributed by atoms with Crippen molar-refractivity contribution in [1.29, 1.82) is 0 Å². The Bertz CT molecular complexity index is 817. The van der Waals surface area contributed by atoms with Crippen LogP contribution < -0.4 is 0 Å². The molecule has 0 aromatic carbocycles. The van der Waals surface area contributed by atoms with Crippen molar-refractivity contribution in [1.82, 2.24) is 0 Å². The molecule has 0 saturated heterocycles. The highest BCUT2D eigenvalue weighted by Gasteiger charge is 2.06. The summed E-state index contributed by atoms with van der Waals surface area (Å²) in [5, 5.41) is 0. The van der Waals surface area contributed by atoms with Crippen LogP contribution in [0.25, 0.3) is 0 Å². The maximum Gasteiger partial charge on any atom is -0.0383 e. The van der Waals surface area contributed by atoms with Gasteiger partial charge in [-0.15, -0.1) is 0 Å². The minimum atomic E-state index is 0.500. The summed E-state index contributed by atoms with van der Waals surface area (Å²) in [6.07, 6.45) is 36.5. The molecule has 2 atom stereocenters. The van der Waals surface area contributed by atoms with E-state index in [1.54, 1.807) is 0 Å². The molecule has 0 heterocycles. The van der Waals surface area contributed by atoms with Gasteiger partial charge in [-0.05, 0) is 75.9 Å². The van der Waals surface area contributed by atoms with Gasteiger partial charge in [0.15, 0.2) is 0 Å². The van der Waals surface area contributed by atoms with Gasteiger partial charge in [-0.3, -0.25) is 0 Å². The van der Waals surface area contributed by atoms with E-state index in [2.05, 4.69) is 312 Å². The summed E-state index contributed by atoms with van der Waals surface area (Å²) >= 11 is 0. The molecule has 0 aliphatic rings. The minimum Gasteiger partial charge on any atom is -0.0656 e. The largest absolute Gasteiger partial charge is 0.0656 e. The Balaban J connectivity index is -0.0000000469. The molecule has 0 bridgehead atoms. The van der Waals surface area contributed by atoms with Crippen molar-refractivity contribution >= 4 is 0 Å². The normalized spacial score (nSPS) is 10.7. The molecule has 0 amide bonds. The van der Waals surface area contributed by atoms with E-state index < -0.39 is 0 Å². The maximum atomic E-state index is 2.31.